The van der Waals surface area contributed by atoms with Gasteiger partial charge >= 0.3 is 5.97 Å². The van der Waals surface area contributed by atoms with Crippen LogP contribution in [0.3, 0.4) is 0 Å². The van der Waals surface area contributed by atoms with E-state index >= 15 is 0 Å². The second-order valence-electron chi connectivity index (χ2n) is 4.59. The molecule has 1 aromatic carbocycles. The normalized spacial score (nSPS) is 12.6. The lowest BCUT2D eigenvalue weighted by Crippen LogP contribution is -2.33. The monoisotopic (exact) mass is 269 g/mol. The van der Waals surface area contributed by atoms with Gasteiger partial charge in [-0.25, -0.2) is 4.39 Å². The fourth-order valence-corrected chi connectivity index (χ4v) is 1.77. The average molecular weight is 269 g/mol. The number of carboxylic acid groups (broad SMARTS) is 1. The predicted molar refractivity (Wildman–Crippen MR) is 70.4 cm³/mol. The lowest BCUT2D eigenvalue weighted by atomic mass is 10.1. The van der Waals surface area contributed by atoms with Gasteiger partial charge in [0.1, 0.15) is 5.82 Å². The minimum atomic E-state index is -0.818. The van der Waals surface area contributed by atoms with E-state index in [0.717, 1.165) is 5.56 Å². The van der Waals surface area contributed by atoms with Gasteiger partial charge in [-0.3, -0.25) is 9.69 Å². The largest absolute Gasteiger partial charge is 0.481 e. The van der Waals surface area contributed by atoms with Gasteiger partial charge in [0.05, 0.1) is 12.5 Å². The van der Waals surface area contributed by atoms with Gasteiger partial charge in [-0.2, -0.15) is 0 Å². The van der Waals surface area contributed by atoms with Crippen LogP contribution in [0.2, 0.25) is 0 Å². The molecule has 0 aliphatic carbocycles. The molecule has 4 nitrogen and oxygen atoms in total. The van der Waals surface area contributed by atoms with Crippen LogP contribution >= 0.6 is 0 Å². The molecule has 1 aromatic rings. The van der Waals surface area contributed by atoms with E-state index in [-0.39, 0.29) is 5.82 Å². The zero-order chi connectivity index (χ0) is 14.3. The Balaban J connectivity index is 2.62. The third-order valence-electron chi connectivity index (χ3n) is 2.88. The van der Waals surface area contributed by atoms with Crippen LogP contribution in [0, 0.1) is 11.7 Å². The van der Waals surface area contributed by atoms with E-state index in [4.69, 9.17) is 9.84 Å². The second-order valence-corrected chi connectivity index (χ2v) is 4.59. The fraction of sp³-hybridized carbons (Fsp3) is 0.500. The molecule has 0 aliphatic rings. The Morgan fingerprint density at radius 1 is 1.42 bits per heavy atom. The maximum atomic E-state index is 12.8. The van der Waals surface area contributed by atoms with Crippen molar-refractivity contribution in [1.82, 2.24) is 4.90 Å². The number of hydrogen-bond donors (Lipinski definition) is 1. The molecule has 106 valence electrons. The van der Waals surface area contributed by atoms with Gasteiger partial charge in [0, 0.05) is 26.7 Å². The number of rotatable bonds is 8. The summed E-state index contributed by atoms with van der Waals surface area (Å²) in [5.74, 6) is -1.54. The summed E-state index contributed by atoms with van der Waals surface area (Å²) in [4.78, 5) is 12.9. The SMILES string of the molecule is COCCN(Cc1ccc(F)cc1)CC(C)C(=O)O. The summed E-state index contributed by atoms with van der Waals surface area (Å²) in [6.45, 7) is 3.88. The number of ether oxygens (including phenoxy) is 1. The minimum Gasteiger partial charge on any atom is -0.481 e. The van der Waals surface area contributed by atoms with E-state index in [9.17, 15) is 9.18 Å². The van der Waals surface area contributed by atoms with Crippen LogP contribution < -0.4 is 0 Å². The summed E-state index contributed by atoms with van der Waals surface area (Å²) in [5.41, 5.74) is 0.954. The van der Waals surface area contributed by atoms with Crippen molar-refractivity contribution in [2.24, 2.45) is 5.92 Å². The maximum absolute atomic E-state index is 12.8. The van der Waals surface area contributed by atoms with Crippen LogP contribution in [-0.2, 0) is 16.1 Å². The molecule has 0 fully saturated rings. The summed E-state index contributed by atoms with van der Waals surface area (Å²) in [6, 6.07) is 6.23. The highest BCUT2D eigenvalue weighted by Crippen LogP contribution is 2.09. The minimum absolute atomic E-state index is 0.272. The quantitative estimate of drug-likeness (QED) is 0.784. The van der Waals surface area contributed by atoms with E-state index in [2.05, 4.69) is 0 Å². The Bertz CT molecular complexity index is 394. The van der Waals surface area contributed by atoms with Crippen molar-refractivity contribution in [1.29, 1.82) is 0 Å². The Morgan fingerprint density at radius 2 is 2.05 bits per heavy atom. The number of halogens is 1. The molecule has 0 saturated carbocycles. The Kier molecular flexibility index (Phi) is 6.45. The van der Waals surface area contributed by atoms with E-state index in [1.807, 2.05) is 4.90 Å². The molecule has 5 heteroatoms. The molecule has 0 spiro atoms. The first kappa shape index (κ1) is 15.6. The number of nitrogens with zero attached hydrogens (tertiary/aromatic N) is 1. The zero-order valence-electron chi connectivity index (χ0n) is 11.3. The highest BCUT2D eigenvalue weighted by Gasteiger charge is 2.16. The van der Waals surface area contributed by atoms with Gasteiger partial charge in [0.25, 0.3) is 0 Å². The van der Waals surface area contributed by atoms with Gasteiger partial charge in [-0.05, 0) is 17.7 Å². The summed E-state index contributed by atoms with van der Waals surface area (Å²) >= 11 is 0. The van der Waals surface area contributed by atoms with Crippen molar-refractivity contribution in [3.05, 3.63) is 35.6 Å². The van der Waals surface area contributed by atoms with E-state index in [1.54, 1.807) is 26.2 Å². The number of hydrogen-bond acceptors (Lipinski definition) is 3. The van der Waals surface area contributed by atoms with Crippen LogP contribution in [0.4, 0.5) is 4.39 Å². The van der Waals surface area contributed by atoms with Gasteiger partial charge in [0.15, 0.2) is 0 Å². The molecule has 0 saturated heterocycles. The smallest absolute Gasteiger partial charge is 0.307 e. The summed E-state index contributed by atoms with van der Waals surface area (Å²) in [6.07, 6.45) is 0. The van der Waals surface area contributed by atoms with E-state index in [0.29, 0.717) is 26.2 Å². The molecule has 1 N–H and O–H groups in total. The molecule has 1 unspecified atom stereocenters. The number of carboxylic acids is 1. The van der Waals surface area contributed by atoms with Crippen molar-refractivity contribution in [3.63, 3.8) is 0 Å². The molecule has 19 heavy (non-hydrogen) atoms. The van der Waals surface area contributed by atoms with Crippen LogP contribution in [0.5, 0.6) is 0 Å². The third-order valence-corrected chi connectivity index (χ3v) is 2.88. The second kappa shape index (κ2) is 7.86. The number of methoxy groups -OCH3 is 1. The predicted octanol–water partition coefficient (Wildman–Crippen LogP) is 1.99. The molecule has 0 heterocycles. The lowest BCUT2D eigenvalue weighted by Gasteiger charge is -2.24. The summed E-state index contributed by atoms with van der Waals surface area (Å²) < 4.78 is 17.9. The van der Waals surface area contributed by atoms with Crippen molar-refractivity contribution < 1.29 is 19.0 Å². The first-order valence-corrected chi connectivity index (χ1v) is 6.21. The highest BCUT2D eigenvalue weighted by atomic mass is 19.1. The molecule has 1 atom stereocenters. The van der Waals surface area contributed by atoms with Crippen molar-refractivity contribution in [3.8, 4) is 0 Å². The molecule has 0 radical (unpaired) electrons. The van der Waals surface area contributed by atoms with Crippen molar-refractivity contribution >= 4 is 5.97 Å². The molecular weight excluding hydrogens is 249 g/mol. The molecular formula is C14H20FNO3. The van der Waals surface area contributed by atoms with E-state index < -0.39 is 11.9 Å². The third kappa shape index (κ3) is 5.81. The van der Waals surface area contributed by atoms with Crippen LogP contribution in [0.15, 0.2) is 24.3 Å². The van der Waals surface area contributed by atoms with Gasteiger partial charge in [-0.1, -0.05) is 19.1 Å². The molecule has 1 rings (SSSR count). The van der Waals surface area contributed by atoms with Crippen LogP contribution in [0.25, 0.3) is 0 Å². The summed E-state index contributed by atoms with van der Waals surface area (Å²) in [5, 5.41) is 8.95. The van der Waals surface area contributed by atoms with Crippen LogP contribution in [-0.4, -0.2) is 42.8 Å². The van der Waals surface area contributed by atoms with Crippen LogP contribution in [0.1, 0.15) is 12.5 Å². The first-order valence-electron chi connectivity index (χ1n) is 6.21. The Morgan fingerprint density at radius 3 is 2.58 bits per heavy atom. The maximum Gasteiger partial charge on any atom is 0.307 e. The van der Waals surface area contributed by atoms with Gasteiger partial charge < -0.3 is 9.84 Å². The van der Waals surface area contributed by atoms with E-state index in [1.165, 1.54) is 12.1 Å². The van der Waals surface area contributed by atoms with Gasteiger partial charge in [0.2, 0.25) is 0 Å². The summed E-state index contributed by atoms with van der Waals surface area (Å²) in [7, 11) is 1.61. The molecule has 0 aromatic heterocycles. The molecule has 0 amide bonds. The average Bonchev–Trinajstić information content (AvgIpc) is 2.38. The molecule has 0 bridgehead atoms. The van der Waals surface area contributed by atoms with Crippen molar-refractivity contribution in [2.45, 2.75) is 13.5 Å². The number of benzene rings is 1. The standard InChI is InChI=1S/C14H20FNO3/c1-11(14(17)18)9-16(7-8-19-2)10-12-3-5-13(15)6-4-12/h3-6,11H,7-10H2,1-2H3,(H,17,18). The molecule has 0 aliphatic heterocycles. The topological polar surface area (TPSA) is 49.8 Å². The number of carbonyl (C=O) groups is 1. The number of aliphatic carboxylic acids is 1. The lowest BCUT2D eigenvalue weighted by molar-refractivity contribution is -0.141. The Labute approximate surface area is 112 Å². The highest BCUT2D eigenvalue weighted by molar-refractivity contribution is 5.69. The van der Waals surface area contributed by atoms with Gasteiger partial charge in [-0.15, -0.1) is 0 Å². The Hall–Kier alpha value is -1.46. The first-order chi connectivity index (χ1) is 9.02. The van der Waals surface area contributed by atoms with Crippen molar-refractivity contribution in [2.75, 3.05) is 26.8 Å². The fourth-order valence-electron chi connectivity index (χ4n) is 1.77. The zero-order valence-corrected chi connectivity index (χ0v) is 11.3.